The number of hydrogen-bond donors (Lipinski definition) is 4. The van der Waals surface area contributed by atoms with Crippen molar-refractivity contribution in [1.82, 2.24) is 5.32 Å². The highest BCUT2D eigenvalue weighted by atomic mass is 16.3. The molecule has 0 spiro atoms. The summed E-state index contributed by atoms with van der Waals surface area (Å²) in [6.45, 7) is 4.21. The van der Waals surface area contributed by atoms with E-state index in [1.54, 1.807) is 0 Å². The Labute approximate surface area is 364 Å². The van der Waals surface area contributed by atoms with Crippen LogP contribution in [0, 0.1) is 0 Å². The van der Waals surface area contributed by atoms with Crippen LogP contribution in [0.3, 0.4) is 0 Å². The van der Waals surface area contributed by atoms with Gasteiger partial charge in [-0.1, -0.05) is 290 Å². The van der Waals surface area contributed by atoms with Crippen LogP contribution < -0.4 is 5.32 Å². The van der Waals surface area contributed by atoms with E-state index < -0.39 is 18.2 Å². The van der Waals surface area contributed by atoms with E-state index in [4.69, 9.17) is 0 Å². The molecule has 0 rings (SSSR count). The maximum atomic E-state index is 12.5. The fourth-order valence-corrected chi connectivity index (χ4v) is 8.81. The van der Waals surface area contributed by atoms with Crippen LogP contribution in [0.15, 0.2) is 0 Å². The normalized spacial score (nSPS) is 13.3. The standard InChI is InChI=1S/C53H107NO4/c1-3-5-7-9-11-13-15-17-19-20-21-22-23-24-25-26-27-28-29-30-31-32-33-34-36-38-40-42-44-46-48-52(57)54-50(49-55)53(58)51(56)47-45-43-41-39-37-35-18-16-14-12-10-8-6-4-2/h50-51,53,55-56,58H,3-49H2,1-2H3,(H,54,57)/t50-,51+,53-/m0/s1. The van der Waals surface area contributed by atoms with E-state index in [9.17, 15) is 20.1 Å². The van der Waals surface area contributed by atoms with Gasteiger partial charge < -0.3 is 20.6 Å². The summed E-state index contributed by atoms with van der Waals surface area (Å²) in [6, 6.07) is -0.803. The molecule has 0 radical (unpaired) electrons. The second-order valence-corrected chi connectivity index (χ2v) is 18.8. The molecule has 0 unspecified atom stereocenters. The third-order valence-electron chi connectivity index (χ3n) is 13.0. The quantitative estimate of drug-likeness (QED) is 0.0460. The van der Waals surface area contributed by atoms with Crippen molar-refractivity contribution >= 4 is 5.91 Å². The van der Waals surface area contributed by atoms with E-state index >= 15 is 0 Å². The minimum Gasteiger partial charge on any atom is -0.394 e. The number of amides is 1. The van der Waals surface area contributed by atoms with Crippen LogP contribution in [0.5, 0.6) is 0 Å². The molecule has 5 nitrogen and oxygen atoms in total. The van der Waals surface area contributed by atoms with Crippen molar-refractivity contribution in [3.05, 3.63) is 0 Å². The van der Waals surface area contributed by atoms with Gasteiger partial charge in [0.15, 0.2) is 0 Å². The van der Waals surface area contributed by atoms with Crippen molar-refractivity contribution < 1.29 is 20.1 Å². The molecule has 0 aliphatic rings. The number of aliphatic hydroxyl groups excluding tert-OH is 3. The Morgan fingerprint density at radius 1 is 0.362 bits per heavy atom. The molecule has 0 aromatic carbocycles. The molecule has 0 heterocycles. The van der Waals surface area contributed by atoms with Gasteiger partial charge in [0.25, 0.3) is 0 Å². The lowest BCUT2D eigenvalue weighted by molar-refractivity contribution is -0.124. The molecule has 5 heteroatoms. The molecule has 0 saturated heterocycles. The largest absolute Gasteiger partial charge is 0.394 e. The van der Waals surface area contributed by atoms with Crippen molar-refractivity contribution in [1.29, 1.82) is 0 Å². The molecule has 0 aromatic heterocycles. The van der Waals surface area contributed by atoms with Crippen molar-refractivity contribution in [3.63, 3.8) is 0 Å². The molecular weight excluding hydrogens is 715 g/mol. The first kappa shape index (κ1) is 57.3. The summed E-state index contributed by atoms with van der Waals surface area (Å²) in [7, 11) is 0. The molecule has 0 aliphatic carbocycles. The first-order valence-electron chi connectivity index (χ1n) is 26.8. The van der Waals surface area contributed by atoms with Crippen LogP contribution in [-0.2, 0) is 4.79 Å². The van der Waals surface area contributed by atoms with Crippen LogP contribution in [0.4, 0.5) is 0 Å². The first-order chi connectivity index (χ1) is 28.6. The Morgan fingerprint density at radius 2 is 0.586 bits per heavy atom. The summed E-state index contributed by atoms with van der Waals surface area (Å²) in [6.07, 6.45) is 58.3. The molecule has 0 aliphatic heterocycles. The summed E-state index contributed by atoms with van der Waals surface area (Å²) in [5.41, 5.74) is 0. The van der Waals surface area contributed by atoms with Crippen LogP contribution in [-0.4, -0.2) is 46.1 Å². The molecule has 0 saturated carbocycles. The summed E-state index contributed by atoms with van der Waals surface area (Å²) in [4.78, 5) is 12.5. The zero-order valence-electron chi connectivity index (χ0n) is 39.7. The van der Waals surface area contributed by atoms with Gasteiger partial charge in [0.05, 0.1) is 18.8 Å². The summed E-state index contributed by atoms with van der Waals surface area (Å²) < 4.78 is 0. The summed E-state index contributed by atoms with van der Waals surface area (Å²) >= 11 is 0. The third kappa shape index (κ3) is 43.4. The fraction of sp³-hybridized carbons (Fsp3) is 0.981. The number of hydrogen-bond acceptors (Lipinski definition) is 4. The zero-order chi connectivity index (χ0) is 42.3. The van der Waals surface area contributed by atoms with Gasteiger partial charge in [0, 0.05) is 6.42 Å². The highest BCUT2D eigenvalue weighted by molar-refractivity contribution is 5.76. The minimum absolute atomic E-state index is 0.137. The van der Waals surface area contributed by atoms with Crippen LogP contribution in [0.1, 0.15) is 309 Å². The van der Waals surface area contributed by atoms with Gasteiger partial charge in [-0.25, -0.2) is 0 Å². The number of carbonyl (C=O) groups is 1. The predicted molar refractivity (Wildman–Crippen MR) is 255 cm³/mol. The highest BCUT2D eigenvalue weighted by Crippen LogP contribution is 2.18. The molecule has 1 amide bonds. The van der Waals surface area contributed by atoms with Gasteiger partial charge in [-0.3, -0.25) is 4.79 Å². The monoisotopic (exact) mass is 822 g/mol. The Balaban J connectivity index is 3.45. The molecule has 0 aromatic rings. The fourth-order valence-electron chi connectivity index (χ4n) is 8.81. The van der Waals surface area contributed by atoms with Gasteiger partial charge in [-0.15, -0.1) is 0 Å². The van der Waals surface area contributed by atoms with E-state index in [-0.39, 0.29) is 12.5 Å². The molecule has 0 bridgehead atoms. The number of rotatable bonds is 50. The number of carbonyl (C=O) groups excluding carboxylic acids is 1. The van der Waals surface area contributed by atoms with E-state index in [0.717, 1.165) is 32.1 Å². The van der Waals surface area contributed by atoms with Gasteiger partial charge >= 0.3 is 0 Å². The molecular formula is C53H107NO4. The molecule has 0 fully saturated rings. The SMILES string of the molecule is CCCCCCCCCCCCCCCCCCCCCCCCCCCCCCCCC(=O)N[C@@H](CO)[C@H](O)[C@H](O)CCCCCCCCCCCCCCCC. The maximum Gasteiger partial charge on any atom is 0.220 e. The Kier molecular flexibility index (Phi) is 48.5. The minimum atomic E-state index is -1.13. The van der Waals surface area contributed by atoms with Crippen molar-refractivity contribution in [2.24, 2.45) is 0 Å². The van der Waals surface area contributed by atoms with Crippen LogP contribution in [0.2, 0.25) is 0 Å². The molecule has 4 N–H and O–H groups in total. The second-order valence-electron chi connectivity index (χ2n) is 18.8. The zero-order valence-corrected chi connectivity index (χ0v) is 39.7. The Bertz CT molecular complexity index is 777. The summed E-state index contributed by atoms with van der Waals surface area (Å²) in [5, 5.41) is 33.7. The number of nitrogens with one attached hydrogen (secondary N) is 1. The topological polar surface area (TPSA) is 89.8 Å². The second kappa shape index (κ2) is 49.0. The maximum absolute atomic E-state index is 12.5. The predicted octanol–water partition coefficient (Wildman–Crippen LogP) is 16.2. The molecule has 58 heavy (non-hydrogen) atoms. The van der Waals surface area contributed by atoms with Crippen LogP contribution >= 0.6 is 0 Å². The highest BCUT2D eigenvalue weighted by Gasteiger charge is 2.26. The lowest BCUT2D eigenvalue weighted by atomic mass is 9.99. The number of aliphatic hydroxyl groups is 3. The van der Waals surface area contributed by atoms with Crippen molar-refractivity contribution in [3.8, 4) is 0 Å². The number of unbranched alkanes of at least 4 members (excludes halogenated alkanes) is 42. The van der Waals surface area contributed by atoms with E-state index in [1.807, 2.05) is 0 Å². The van der Waals surface area contributed by atoms with Crippen LogP contribution in [0.25, 0.3) is 0 Å². The van der Waals surface area contributed by atoms with Crippen molar-refractivity contribution in [2.75, 3.05) is 6.61 Å². The van der Waals surface area contributed by atoms with E-state index in [2.05, 4.69) is 19.2 Å². The Hall–Kier alpha value is -0.650. The molecule has 348 valence electrons. The average molecular weight is 822 g/mol. The van der Waals surface area contributed by atoms with Gasteiger partial charge in [0.1, 0.15) is 6.10 Å². The third-order valence-corrected chi connectivity index (χ3v) is 13.0. The molecule has 3 atom stereocenters. The lowest BCUT2D eigenvalue weighted by Crippen LogP contribution is -2.50. The first-order valence-corrected chi connectivity index (χ1v) is 26.8. The summed E-state index contributed by atoms with van der Waals surface area (Å²) in [5.74, 6) is -0.137. The smallest absolute Gasteiger partial charge is 0.220 e. The van der Waals surface area contributed by atoms with Gasteiger partial charge in [0.2, 0.25) is 5.91 Å². The van der Waals surface area contributed by atoms with Gasteiger partial charge in [-0.2, -0.15) is 0 Å². The van der Waals surface area contributed by atoms with E-state index in [0.29, 0.717) is 12.8 Å². The lowest BCUT2D eigenvalue weighted by Gasteiger charge is -2.26. The van der Waals surface area contributed by atoms with Crippen molar-refractivity contribution in [2.45, 2.75) is 327 Å². The van der Waals surface area contributed by atoms with E-state index in [1.165, 1.54) is 250 Å². The average Bonchev–Trinajstić information content (AvgIpc) is 3.23. The Morgan fingerprint density at radius 3 is 0.828 bits per heavy atom. The van der Waals surface area contributed by atoms with Gasteiger partial charge in [-0.05, 0) is 12.8 Å².